The largest absolute Gasteiger partial charge is 0.512 e. The Kier molecular flexibility index (Phi) is 1.52. The van der Waals surface area contributed by atoms with E-state index in [4.69, 9.17) is 0 Å². The lowest BCUT2D eigenvalue weighted by atomic mass is 9.86. The van der Waals surface area contributed by atoms with Gasteiger partial charge in [-0.05, 0) is 43.8 Å². The highest BCUT2D eigenvalue weighted by Crippen LogP contribution is 2.39. The Hall–Kier alpha value is -0.720. The summed E-state index contributed by atoms with van der Waals surface area (Å²) in [7, 11) is 0. The van der Waals surface area contributed by atoms with Gasteiger partial charge in [-0.2, -0.15) is 0 Å². The molecule has 1 N–H and O–H groups in total. The van der Waals surface area contributed by atoms with Gasteiger partial charge in [0.2, 0.25) is 0 Å². The highest BCUT2D eigenvalue weighted by atomic mass is 16.3. The lowest BCUT2D eigenvalue weighted by molar-refractivity contribution is 0.393. The molecule has 0 aromatic carbocycles. The molecular formula is C10H14O. The summed E-state index contributed by atoms with van der Waals surface area (Å²) in [6.07, 6.45) is 5.88. The zero-order valence-corrected chi connectivity index (χ0v) is 6.98. The van der Waals surface area contributed by atoms with Crippen molar-refractivity contribution in [3.8, 4) is 0 Å². The van der Waals surface area contributed by atoms with Crippen LogP contribution in [0.5, 0.6) is 0 Å². The minimum atomic E-state index is 0.624. The van der Waals surface area contributed by atoms with Crippen LogP contribution in [0.2, 0.25) is 0 Å². The van der Waals surface area contributed by atoms with Crippen LogP contribution in [0.3, 0.4) is 0 Å². The van der Waals surface area contributed by atoms with Crippen molar-refractivity contribution in [2.45, 2.75) is 39.0 Å². The van der Waals surface area contributed by atoms with Gasteiger partial charge in [0.25, 0.3) is 0 Å². The van der Waals surface area contributed by atoms with E-state index in [2.05, 4.69) is 0 Å². The first-order chi connectivity index (χ1) is 5.29. The van der Waals surface area contributed by atoms with Crippen molar-refractivity contribution in [3.63, 3.8) is 0 Å². The fraction of sp³-hybridized carbons (Fsp3) is 0.600. The quantitative estimate of drug-likeness (QED) is 0.562. The van der Waals surface area contributed by atoms with E-state index in [9.17, 15) is 5.11 Å². The van der Waals surface area contributed by atoms with Crippen LogP contribution in [-0.4, -0.2) is 5.11 Å². The number of hydrogen-bond acceptors (Lipinski definition) is 1. The predicted octanol–water partition coefficient (Wildman–Crippen LogP) is 3.09. The van der Waals surface area contributed by atoms with Crippen molar-refractivity contribution >= 4 is 0 Å². The van der Waals surface area contributed by atoms with Crippen molar-refractivity contribution in [2.75, 3.05) is 0 Å². The summed E-state index contributed by atoms with van der Waals surface area (Å²) < 4.78 is 0. The molecule has 0 radical (unpaired) electrons. The minimum Gasteiger partial charge on any atom is -0.512 e. The van der Waals surface area contributed by atoms with Gasteiger partial charge in [-0.25, -0.2) is 0 Å². The lowest BCUT2D eigenvalue weighted by Crippen LogP contribution is -2.01. The summed E-state index contributed by atoms with van der Waals surface area (Å²) in [5.41, 5.74) is 4.24. The van der Waals surface area contributed by atoms with Crippen molar-refractivity contribution in [1.29, 1.82) is 0 Å². The summed E-state index contributed by atoms with van der Waals surface area (Å²) in [6, 6.07) is 0. The Morgan fingerprint density at radius 1 is 1.09 bits per heavy atom. The van der Waals surface area contributed by atoms with Crippen LogP contribution in [0.1, 0.15) is 39.0 Å². The molecule has 1 fully saturated rings. The van der Waals surface area contributed by atoms with Gasteiger partial charge in [0.05, 0.1) is 5.76 Å². The third-order valence-electron chi connectivity index (χ3n) is 2.88. The van der Waals surface area contributed by atoms with Gasteiger partial charge in [0.1, 0.15) is 0 Å². The van der Waals surface area contributed by atoms with E-state index < -0.39 is 0 Å². The number of aliphatic hydroxyl groups excluding tert-OH is 1. The zero-order valence-electron chi connectivity index (χ0n) is 6.98. The molecule has 1 heteroatoms. The standard InChI is InChI=1S/C10H14O/c1-7-9(5-6-10(7)11)8-3-2-4-8/h11H,2-6H2,1H3. The molecule has 11 heavy (non-hydrogen) atoms. The van der Waals surface area contributed by atoms with E-state index in [1.165, 1.54) is 30.4 Å². The monoisotopic (exact) mass is 150 g/mol. The lowest BCUT2D eigenvalue weighted by Gasteiger charge is -2.20. The summed E-state index contributed by atoms with van der Waals surface area (Å²) >= 11 is 0. The molecule has 0 amide bonds. The van der Waals surface area contributed by atoms with E-state index in [0.717, 1.165) is 12.8 Å². The summed E-state index contributed by atoms with van der Waals surface area (Å²) in [5.74, 6) is 0.624. The topological polar surface area (TPSA) is 20.2 Å². The van der Waals surface area contributed by atoms with Crippen molar-refractivity contribution in [1.82, 2.24) is 0 Å². The van der Waals surface area contributed by atoms with Gasteiger partial charge in [-0.1, -0.05) is 5.57 Å². The van der Waals surface area contributed by atoms with Gasteiger partial charge in [0.15, 0.2) is 0 Å². The molecule has 2 rings (SSSR count). The van der Waals surface area contributed by atoms with Crippen LogP contribution < -0.4 is 0 Å². The maximum Gasteiger partial charge on any atom is 0.0957 e. The number of aliphatic hydroxyl groups is 1. The van der Waals surface area contributed by atoms with Crippen LogP contribution >= 0.6 is 0 Å². The molecule has 2 aliphatic rings. The van der Waals surface area contributed by atoms with Crippen LogP contribution in [0.25, 0.3) is 0 Å². The molecule has 1 nitrogen and oxygen atoms in total. The van der Waals surface area contributed by atoms with Gasteiger partial charge in [-0.15, -0.1) is 0 Å². The minimum absolute atomic E-state index is 0.624. The number of allylic oxidation sites excluding steroid dienone is 4. The average Bonchev–Trinajstić information content (AvgIpc) is 2.15. The first-order valence-corrected chi connectivity index (χ1v) is 4.39. The highest BCUT2D eigenvalue weighted by molar-refractivity contribution is 5.41. The SMILES string of the molecule is CC1=C(O)CCC1=C1CCC1. The molecule has 60 valence electrons. The Labute approximate surface area is 67.4 Å². The smallest absolute Gasteiger partial charge is 0.0957 e. The molecule has 0 saturated heterocycles. The first kappa shape index (κ1) is 6.96. The fourth-order valence-electron chi connectivity index (χ4n) is 1.89. The first-order valence-electron chi connectivity index (χ1n) is 4.39. The van der Waals surface area contributed by atoms with E-state index in [-0.39, 0.29) is 0 Å². The van der Waals surface area contributed by atoms with Crippen molar-refractivity contribution in [2.24, 2.45) is 0 Å². The number of hydrogen-bond donors (Lipinski definition) is 1. The second kappa shape index (κ2) is 2.40. The molecule has 0 aromatic heterocycles. The van der Waals surface area contributed by atoms with E-state index in [1.807, 2.05) is 6.92 Å². The highest BCUT2D eigenvalue weighted by Gasteiger charge is 2.21. The van der Waals surface area contributed by atoms with Crippen LogP contribution in [0.15, 0.2) is 22.5 Å². The van der Waals surface area contributed by atoms with Crippen LogP contribution in [0, 0.1) is 0 Å². The van der Waals surface area contributed by atoms with Crippen molar-refractivity contribution in [3.05, 3.63) is 22.5 Å². The molecule has 0 aliphatic heterocycles. The molecule has 0 atom stereocenters. The van der Waals surface area contributed by atoms with Gasteiger partial charge in [0, 0.05) is 6.42 Å². The van der Waals surface area contributed by atoms with E-state index in [1.54, 1.807) is 5.57 Å². The molecule has 0 unspecified atom stereocenters. The predicted molar refractivity (Wildman–Crippen MR) is 45.4 cm³/mol. The van der Waals surface area contributed by atoms with Crippen LogP contribution in [0.4, 0.5) is 0 Å². The van der Waals surface area contributed by atoms with Gasteiger partial charge in [-0.3, -0.25) is 0 Å². The van der Waals surface area contributed by atoms with Crippen molar-refractivity contribution < 1.29 is 5.11 Å². The Balaban J connectivity index is 2.30. The van der Waals surface area contributed by atoms with Crippen LogP contribution in [-0.2, 0) is 0 Å². The summed E-state index contributed by atoms with van der Waals surface area (Å²) in [6.45, 7) is 2.04. The number of rotatable bonds is 0. The molecular weight excluding hydrogens is 136 g/mol. The van der Waals surface area contributed by atoms with Gasteiger partial charge < -0.3 is 5.11 Å². The normalized spacial score (nSPS) is 24.5. The summed E-state index contributed by atoms with van der Waals surface area (Å²) in [5, 5.41) is 9.38. The Morgan fingerprint density at radius 2 is 1.82 bits per heavy atom. The molecule has 1 saturated carbocycles. The molecule has 0 bridgehead atoms. The van der Waals surface area contributed by atoms with E-state index >= 15 is 0 Å². The van der Waals surface area contributed by atoms with E-state index in [0.29, 0.717) is 5.76 Å². The molecule has 0 aromatic rings. The second-order valence-electron chi connectivity index (χ2n) is 3.51. The van der Waals surface area contributed by atoms with Gasteiger partial charge >= 0.3 is 0 Å². The zero-order chi connectivity index (χ0) is 7.84. The molecule has 0 heterocycles. The maximum absolute atomic E-state index is 9.38. The summed E-state index contributed by atoms with van der Waals surface area (Å²) in [4.78, 5) is 0. The fourth-order valence-corrected chi connectivity index (χ4v) is 1.89. The Bertz CT molecular complexity index is 240. The Morgan fingerprint density at radius 3 is 2.18 bits per heavy atom. The molecule has 2 aliphatic carbocycles. The maximum atomic E-state index is 9.38. The average molecular weight is 150 g/mol. The molecule has 0 spiro atoms. The third-order valence-corrected chi connectivity index (χ3v) is 2.88. The second-order valence-corrected chi connectivity index (χ2v) is 3.51. The third kappa shape index (κ3) is 0.991.